The number of hydrogen-bond donors (Lipinski definition) is 7. The summed E-state index contributed by atoms with van der Waals surface area (Å²) < 4.78 is 16.4. The smallest absolute Gasteiger partial charge is 0.198 e. The quantitative estimate of drug-likeness (QED) is 0.0491. The Labute approximate surface area is 329 Å². The molecule has 0 spiro atoms. The van der Waals surface area contributed by atoms with Crippen LogP contribution < -0.4 is 16.0 Å². The van der Waals surface area contributed by atoms with Gasteiger partial charge in [0.1, 0.15) is 28.3 Å². The van der Waals surface area contributed by atoms with Gasteiger partial charge in [0.05, 0.1) is 45.8 Å². The predicted octanol–water partition coefficient (Wildman–Crippen LogP) is 6.79. The van der Waals surface area contributed by atoms with E-state index in [1.807, 2.05) is 79.7 Å². The van der Waals surface area contributed by atoms with Crippen molar-refractivity contribution in [2.75, 3.05) is 33.5 Å². The highest BCUT2D eigenvalue weighted by atomic mass is 35.6. The minimum atomic E-state index is -1.67. The molecule has 3 aromatic heterocycles. The predicted molar refractivity (Wildman–Crippen MR) is 214 cm³/mol. The Morgan fingerprint density at radius 1 is 0.648 bits per heavy atom. The van der Waals surface area contributed by atoms with E-state index < -0.39 is 32.6 Å². The number of fused-ring (bicyclic) bond motifs is 3. The molecule has 290 valence electrons. The highest BCUT2D eigenvalue weighted by Crippen LogP contribution is 2.44. The zero-order chi connectivity index (χ0) is 38.8. The van der Waals surface area contributed by atoms with E-state index in [4.69, 9.17) is 48.1 Å². The Kier molecular flexibility index (Phi) is 12.4. The molecule has 0 bridgehead atoms. The molecular formula is C41H48Cl3N3O7. The van der Waals surface area contributed by atoms with Gasteiger partial charge in [0.2, 0.25) is 0 Å². The summed E-state index contributed by atoms with van der Waals surface area (Å²) in [6, 6.07) is 21.9. The van der Waals surface area contributed by atoms with Gasteiger partial charge >= 0.3 is 0 Å². The molecule has 54 heavy (non-hydrogen) atoms. The number of alkyl halides is 3. The molecule has 0 saturated heterocycles. The molecule has 5 atom stereocenters. The Morgan fingerprint density at radius 2 is 1.22 bits per heavy atom. The van der Waals surface area contributed by atoms with Gasteiger partial charge in [0, 0.05) is 51.0 Å². The lowest BCUT2D eigenvalue weighted by molar-refractivity contribution is 0.119. The molecule has 6 aromatic rings. The van der Waals surface area contributed by atoms with Gasteiger partial charge in [0.25, 0.3) is 0 Å². The van der Waals surface area contributed by atoms with Crippen LogP contribution in [0.15, 0.2) is 92.3 Å². The van der Waals surface area contributed by atoms with Crippen molar-refractivity contribution >= 4 is 67.7 Å². The molecule has 5 unspecified atom stereocenters. The first-order chi connectivity index (χ1) is 25.7. The molecule has 0 amide bonds. The number of nitrogens with one attached hydrogen (secondary N) is 3. The number of halogens is 3. The normalized spacial score (nSPS) is 16.2. The van der Waals surface area contributed by atoms with E-state index in [-0.39, 0.29) is 32.5 Å². The van der Waals surface area contributed by atoms with Gasteiger partial charge in [0.15, 0.2) is 3.79 Å². The number of benzene rings is 3. The van der Waals surface area contributed by atoms with Crippen molar-refractivity contribution in [1.29, 1.82) is 0 Å². The maximum atomic E-state index is 10.6. The molecule has 0 aliphatic heterocycles. The Morgan fingerprint density at radius 3 is 1.81 bits per heavy atom. The third-order valence-corrected chi connectivity index (χ3v) is 11.8. The fourth-order valence-corrected chi connectivity index (χ4v) is 8.20. The fourth-order valence-electron chi connectivity index (χ4n) is 7.37. The van der Waals surface area contributed by atoms with Crippen molar-refractivity contribution in [3.63, 3.8) is 0 Å². The van der Waals surface area contributed by atoms with Crippen LogP contribution in [0.5, 0.6) is 0 Å². The van der Waals surface area contributed by atoms with Crippen molar-refractivity contribution in [3.8, 4) is 0 Å². The topological polar surface area (TPSA) is 156 Å². The number of likely N-dealkylation sites (N-methyl/N-ethyl adjacent to an activating group) is 1. The number of aliphatic hydroxyl groups excluding tert-OH is 4. The third kappa shape index (κ3) is 8.20. The lowest BCUT2D eigenvalue weighted by atomic mass is 9.76. The van der Waals surface area contributed by atoms with E-state index >= 15 is 0 Å². The maximum absolute atomic E-state index is 10.6. The molecule has 0 saturated carbocycles. The monoisotopic (exact) mass is 799 g/mol. The van der Waals surface area contributed by atoms with Gasteiger partial charge in [-0.1, -0.05) is 92.0 Å². The van der Waals surface area contributed by atoms with Gasteiger partial charge in [-0.25, -0.2) is 0 Å². The van der Waals surface area contributed by atoms with Crippen LogP contribution in [0.25, 0.3) is 32.9 Å². The minimum Gasteiger partial charge on any atom is -0.464 e. The van der Waals surface area contributed by atoms with Crippen molar-refractivity contribution in [1.82, 2.24) is 16.0 Å². The van der Waals surface area contributed by atoms with Crippen LogP contribution in [-0.4, -0.2) is 75.8 Å². The molecule has 3 heterocycles. The standard InChI is InChI=1S/C41H48Cl3N3O7/c1-39(2,36(21-49)46-18-30-13-25-5-6-27(15-34(25)53-30)38(41(42,43)44)32(20-48)45-4)28-9-8-26-14-31(54-35(26)16-28)19-47-37(22-50)40(3,23-51)29-10-7-24-11-12-52-33(24)17-29/h5-17,32,36-38,45-51H,18-23H2,1-4H3. The van der Waals surface area contributed by atoms with E-state index in [1.165, 1.54) is 0 Å². The van der Waals surface area contributed by atoms with E-state index in [0.29, 0.717) is 41.3 Å². The lowest BCUT2D eigenvalue weighted by Gasteiger charge is -2.36. The highest BCUT2D eigenvalue weighted by Gasteiger charge is 2.40. The van der Waals surface area contributed by atoms with Crippen molar-refractivity contribution in [2.45, 2.75) is 72.5 Å². The second kappa shape index (κ2) is 16.5. The molecule has 3 aromatic carbocycles. The molecule has 0 aliphatic rings. The van der Waals surface area contributed by atoms with Gasteiger partial charge in [-0.2, -0.15) is 0 Å². The maximum Gasteiger partial charge on any atom is 0.198 e. The van der Waals surface area contributed by atoms with Crippen LogP contribution in [0.1, 0.15) is 54.9 Å². The summed E-state index contributed by atoms with van der Waals surface area (Å²) >= 11 is 19.0. The molecule has 13 heteroatoms. The summed E-state index contributed by atoms with van der Waals surface area (Å²) in [4.78, 5) is 0. The highest BCUT2D eigenvalue weighted by molar-refractivity contribution is 6.68. The number of rotatable bonds is 17. The molecule has 0 aliphatic carbocycles. The van der Waals surface area contributed by atoms with E-state index in [1.54, 1.807) is 13.3 Å². The van der Waals surface area contributed by atoms with Gasteiger partial charge in [-0.15, -0.1) is 0 Å². The fraction of sp³-hybridized carbons (Fsp3) is 0.415. The van der Waals surface area contributed by atoms with E-state index in [0.717, 1.165) is 32.9 Å². The van der Waals surface area contributed by atoms with Gasteiger partial charge in [-0.3, -0.25) is 0 Å². The zero-order valence-corrected chi connectivity index (χ0v) is 33.0. The summed E-state index contributed by atoms with van der Waals surface area (Å²) in [6.07, 6.45) is 1.63. The molecule has 0 fully saturated rings. The average Bonchev–Trinajstić information content (AvgIpc) is 3.90. The summed E-state index contributed by atoms with van der Waals surface area (Å²) in [6.45, 7) is 6.01. The largest absolute Gasteiger partial charge is 0.464 e. The minimum absolute atomic E-state index is 0.126. The second-order valence-electron chi connectivity index (χ2n) is 14.8. The second-order valence-corrected chi connectivity index (χ2v) is 17.1. The molecule has 7 N–H and O–H groups in total. The first-order valence-electron chi connectivity index (χ1n) is 17.9. The SMILES string of the molecule is CNC(CO)C(c1ccc2cc(CNC(CO)C(C)(C)c3ccc4cc(CNC(CO)C(C)(CO)c5ccc6ccoc6c5)oc4c3)oc2c1)C(Cl)(Cl)Cl. The van der Waals surface area contributed by atoms with Crippen molar-refractivity contribution in [2.24, 2.45) is 0 Å². The summed E-state index contributed by atoms with van der Waals surface area (Å²) in [5.41, 5.74) is 3.27. The Bertz CT molecular complexity index is 2170. The van der Waals surface area contributed by atoms with Crippen molar-refractivity contribution < 1.29 is 33.7 Å². The van der Waals surface area contributed by atoms with E-state index in [2.05, 4.69) is 29.8 Å². The van der Waals surface area contributed by atoms with E-state index in [9.17, 15) is 20.4 Å². The summed E-state index contributed by atoms with van der Waals surface area (Å²) in [7, 11) is 1.70. The molecule has 6 rings (SSSR count). The number of hydrogen-bond acceptors (Lipinski definition) is 10. The van der Waals surface area contributed by atoms with Crippen LogP contribution in [0.2, 0.25) is 0 Å². The Balaban J connectivity index is 1.14. The summed E-state index contributed by atoms with van der Waals surface area (Å²) in [5.74, 6) is 0.733. The molecule has 10 nitrogen and oxygen atoms in total. The van der Waals surface area contributed by atoms with Crippen molar-refractivity contribution in [3.05, 3.63) is 107 Å². The van der Waals surface area contributed by atoms with Crippen LogP contribution >= 0.6 is 34.8 Å². The lowest BCUT2D eigenvalue weighted by Crippen LogP contribution is -2.51. The van der Waals surface area contributed by atoms with Crippen LogP contribution in [0.3, 0.4) is 0 Å². The van der Waals surface area contributed by atoms with Crippen LogP contribution in [-0.2, 0) is 23.9 Å². The zero-order valence-electron chi connectivity index (χ0n) is 30.7. The van der Waals surface area contributed by atoms with Crippen LogP contribution in [0.4, 0.5) is 0 Å². The number of aliphatic hydroxyl groups is 4. The Hall–Kier alpha value is -3.13. The first kappa shape index (κ1) is 40.5. The third-order valence-electron chi connectivity index (χ3n) is 11.1. The average molecular weight is 801 g/mol. The van der Waals surface area contributed by atoms with Crippen LogP contribution in [0, 0.1) is 0 Å². The van der Waals surface area contributed by atoms with Gasteiger partial charge in [-0.05, 0) is 60.1 Å². The molecular weight excluding hydrogens is 753 g/mol. The number of furan rings is 3. The molecule has 0 radical (unpaired) electrons. The first-order valence-corrected chi connectivity index (χ1v) is 19.1. The van der Waals surface area contributed by atoms with Gasteiger partial charge < -0.3 is 49.6 Å². The summed E-state index contributed by atoms with van der Waals surface area (Å²) in [5, 5.41) is 54.0.